The van der Waals surface area contributed by atoms with E-state index in [4.69, 9.17) is 4.74 Å². The number of nitrogens with zero attached hydrogens (tertiary/aromatic N) is 4. The summed E-state index contributed by atoms with van der Waals surface area (Å²) < 4.78 is 5.12. The normalized spacial score (nSPS) is 16.2. The van der Waals surface area contributed by atoms with Crippen LogP contribution in [-0.4, -0.2) is 69.8 Å². The molecule has 1 aromatic heterocycles. The number of ether oxygens (including phenoxy) is 1. The fourth-order valence-electron chi connectivity index (χ4n) is 4.18. The number of hydrogen-bond acceptors (Lipinski definition) is 6. The summed E-state index contributed by atoms with van der Waals surface area (Å²) >= 11 is 0. The highest BCUT2D eigenvalue weighted by Gasteiger charge is 2.33. The predicted octanol–water partition coefficient (Wildman–Crippen LogP) is 3.69. The van der Waals surface area contributed by atoms with Crippen molar-refractivity contribution in [2.75, 3.05) is 26.2 Å². The van der Waals surface area contributed by atoms with Crippen molar-refractivity contribution < 1.29 is 19.1 Å². The Morgan fingerprint density at radius 1 is 1.00 bits per heavy atom. The maximum atomic E-state index is 13.3. The number of hydrogen-bond donors (Lipinski definition) is 0. The molecule has 2 heterocycles. The molecule has 0 bridgehead atoms. The van der Waals surface area contributed by atoms with Gasteiger partial charge in [0.05, 0.1) is 12.3 Å². The number of rotatable bonds is 10. The van der Waals surface area contributed by atoms with Gasteiger partial charge in [-0.3, -0.25) is 9.59 Å². The number of aromatic nitrogens is 2. The van der Waals surface area contributed by atoms with Crippen molar-refractivity contribution >= 4 is 17.8 Å². The summed E-state index contributed by atoms with van der Waals surface area (Å²) in [6.45, 7) is 10.8. The molecule has 1 saturated heterocycles. The van der Waals surface area contributed by atoms with E-state index in [2.05, 4.69) is 16.9 Å². The lowest BCUT2D eigenvalue weighted by Crippen LogP contribution is -2.55. The highest BCUT2D eigenvalue weighted by Crippen LogP contribution is 2.19. The van der Waals surface area contributed by atoms with Crippen LogP contribution in [-0.2, 0) is 9.53 Å². The number of carbonyl (C=O) groups excluding carboxylic acids is 3. The van der Waals surface area contributed by atoms with E-state index in [1.165, 1.54) is 25.7 Å². The first-order valence-electron chi connectivity index (χ1n) is 11.9. The predicted molar refractivity (Wildman–Crippen MR) is 123 cm³/mol. The van der Waals surface area contributed by atoms with Crippen LogP contribution in [0.25, 0.3) is 0 Å². The van der Waals surface area contributed by atoms with E-state index < -0.39 is 5.97 Å². The summed E-state index contributed by atoms with van der Waals surface area (Å²) in [7, 11) is 0. The molecule has 0 radical (unpaired) electrons. The Hall–Kier alpha value is -2.51. The minimum absolute atomic E-state index is 0.0764. The number of amides is 2. The molecule has 0 saturated carbocycles. The minimum atomic E-state index is -0.589. The standard InChI is InChI=1S/C24H38N4O4/c1-6-8-9-10-11-12-13-20(29)28-15-14-27(16-17(28)3)23(30)22-21(24(31)32-7-2)18(4)25-19(5)26-22/h17H,6-16H2,1-5H3. The number of piperazine rings is 1. The third-order valence-corrected chi connectivity index (χ3v) is 5.86. The monoisotopic (exact) mass is 446 g/mol. The summed E-state index contributed by atoms with van der Waals surface area (Å²) in [6, 6.07) is -0.0876. The Morgan fingerprint density at radius 3 is 2.34 bits per heavy atom. The number of esters is 1. The molecule has 1 aliphatic heterocycles. The molecule has 1 aliphatic rings. The van der Waals surface area contributed by atoms with E-state index >= 15 is 0 Å². The smallest absolute Gasteiger partial charge is 0.342 e. The van der Waals surface area contributed by atoms with Crippen LogP contribution in [0.4, 0.5) is 0 Å². The molecule has 178 valence electrons. The lowest BCUT2D eigenvalue weighted by atomic mass is 10.1. The number of unbranched alkanes of at least 4 members (excludes halogenated alkanes) is 5. The topological polar surface area (TPSA) is 92.7 Å². The summed E-state index contributed by atoms with van der Waals surface area (Å²) in [5.74, 6) is -0.327. The first-order chi connectivity index (χ1) is 15.3. The fourth-order valence-corrected chi connectivity index (χ4v) is 4.18. The fraction of sp³-hybridized carbons (Fsp3) is 0.708. The van der Waals surface area contributed by atoms with Crippen molar-refractivity contribution in [1.29, 1.82) is 0 Å². The number of aryl methyl sites for hydroxylation is 2. The van der Waals surface area contributed by atoms with Gasteiger partial charge in [0.2, 0.25) is 5.91 Å². The van der Waals surface area contributed by atoms with Crippen molar-refractivity contribution in [3.63, 3.8) is 0 Å². The average Bonchev–Trinajstić information content (AvgIpc) is 2.74. The molecule has 0 aromatic carbocycles. The minimum Gasteiger partial charge on any atom is -0.462 e. The van der Waals surface area contributed by atoms with Gasteiger partial charge in [-0.25, -0.2) is 14.8 Å². The summed E-state index contributed by atoms with van der Waals surface area (Å²) in [5, 5.41) is 0. The summed E-state index contributed by atoms with van der Waals surface area (Å²) in [6.07, 6.45) is 7.44. The average molecular weight is 447 g/mol. The van der Waals surface area contributed by atoms with Gasteiger partial charge >= 0.3 is 5.97 Å². The van der Waals surface area contributed by atoms with Crippen molar-refractivity contribution in [3.8, 4) is 0 Å². The SMILES string of the molecule is CCCCCCCCC(=O)N1CCN(C(=O)c2nc(C)nc(C)c2C(=O)OCC)CC1C. The lowest BCUT2D eigenvalue weighted by molar-refractivity contribution is -0.135. The Bertz CT molecular complexity index is 811. The van der Waals surface area contributed by atoms with E-state index in [9.17, 15) is 14.4 Å². The highest BCUT2D eigenvalue weighted by molar-refractivity contribution is 6.04. The second-order valence-corrected chi connectivity index (χ2v) is 8.51. The lowest BCUT2D eigenvalue weighted by Gasteiger charge is -2.40. The maximum Gasteiger partial charge on any atom is 0.342 e. The molecule has 1 fully saturated rings. The van der Waals surface area contributed by atoms with Crippen LogP contribution in [0.1, 0.15) is 98.1 Å². The van der Waals surface area contributed by atoms with E-state index in [0.29, 0.717) is 37.6 Å². The molecule has 0 spiro atoms. The highest BCUT2D eigenvalue weighted by atomic mass is 16.5. The summed E-state index contributed by atoms with van der Waals surface area (Å²) in [5.41, 5.74) is 0.629. The third-order valence-electron chi connectivity index (χ3n) is 5.86. The van der Waals surface area contributed by atoms with Gasteiger partial charge in [-0.05, 0) is 34.1 Å². The summed E-state index contributed by atoms with van der Waals surface area (Å²) in [4.78, 5) is 50.5. The van der Waals surface area contributed by atoms with Crippen LogP contribution in [0.3, 0.4) is 0 Å². The first-order valence-corrected chi connectivity index (χ1v) is 11.9. The van der Waals surface area contributed by atoms with Crippen LogP contribution in [0.15, 0.2) is 0 Å². The van der Waals surface area contributed by atoms with Gasteiger partial charge in [-0.1, -0.05) is 39.0 Å². The molecule has 0 aliphatic carbocycles. The molecule has 2 rings (SSSR count). The zero-order valence-corrected chi connectivity index (χ0v) is 20.3. The molecule has 8 heteroatoms. The van der Waals surface area contributed by atoms with Gasteiger partial charge in [0, 0.05) is 32.1 Å². The zero-order chi connectivity index (χ0) is 23.7. The third kappa shape index (κ3) is 6.74. The van der Waals surface area contributed by atoms with Gasteiger partial charge < -0.3 is 14.5 Å². The molecule has 1 unspecified atom stereocenters. The molecule has 0 N–H and O–H groups in total. The van der Waals surface area contributed by atoms with Crippen molar-refractivity contribution in [2.24, 2.45) is 0 Å². The molecule has 1 atom stereocenters. The van der Waals surface area contributed by atoms with Gasteiger partial charge in [-0.15, -0.1) is 0 Å². The van der Waals surface area contributed by atoms with Gasteiger partial charge in [0.1, 0.15) is 17.1 Å². The van der Waals surface area contributed by atoms with Crippen molar-refractivity contribution in [3.05, 3.63) is 22.8 Å². The zero-order valence-electron chi connectivity index (χ0n) is 20.3. The Kier molecular flexibility index (Phi) is 10.1. The van der Waals surface area contributed by atoms with E-state index in [1.54, 1.807) is 25.7 Å². The van der Waals surface area contributed by atoms with Crippen LogP contribution in [0, 0.1) is 13.8 Å². The Balaban J connectivity index is 2.01. The van der Waals surface area contributed by atoms with Crippen LogP contribution >= 0.6 is 0 Å². The molecular weight excluding hydrogens is 408 g/mol. The number of carbonyl (C=O) groups is 3. The Morgan fingerprint density at radius 2 is 1.69 bits per heavy atom. The van der Waals surface area contributed by atoms with Crippen LogP contribution < -0.4 is 0 Å². The van der Waals surface area contributed by atoms with Crippen molar-refractivity contribution in [1.82, 2.24) is 19.8 Å². The van der Waals surface area contributed by atoms with Gasteiger partial charge in [0.25, 0.3) is 5.91 Å². The van der Waals surface area contributed by atoms with Crippen molar-refractivity contribution in [2.45, 2.75) is 85.6 Å². The maximum absolute atomic E-state index is 13.3. The van der Waals surface area contributed by atoms with Crippen LogP contribution in [0.2, 0.25) is 0 Å². The van der Waals surface area contributed by atoms with Gasteiger partial charge in [0.15, 0.2) is 0 Å². The Labute approximate surface area is 191 Å². The molecule has 32 heavy (non-hydrogen) atoms. The van der Waals surface area contributed by atoms with E-state index in [1.807, 2.05) is 11.8 Å². The molecule has 1 aromatic rings. The van der Waals surface area contributed by atoms with E-state index in [0.717, 1.165) is 12.8 Å². The first kappa shape index (κ1) is 25.7. The second kappa shape index (κ2) is 12.5. The van der Waals surface area contributed by atoms with E-state index in [-0.39, 0.29) is 35.7 Å². The van der Waals surface area contributed by atoms with Crippen LogP contribution in [0.5, 0.6) is 0 Å². The molecular formula is C24H38N4O4. The quantitative estimate of drug-likeness (QED) is 0.402. The second-order valence-electron chi connectivity index (χ2n) is 8.51. The molecule has 8 nitrogen and oxygen atoms in total. The largest absolute Gasteiger partial charge is 0.462 e. The van der Waals surface area contributed by atoms with Gasteiger partial charge in [-0.2, -0.15) is 0 Å². The molecule has 2 amide bonds.